The molecule has 0 aliphatic heterocycles. The summed E-state index contributed by atoms with van der Waals surface area (Å²) in [6.45, 7) is 6.28. The van der Waals surface area contributed by atoms with Crippen molar-refractivity contribution in [1.82, 2.24) is 5.32 Å². The first-order chi connectivity index (χ1) is 7.63. The van der Waals surface area contributed by atoms with Crippen LogP contribution in [-0.4, -0.2) is 24.4 Å². The molecule has 3 nitrogen and oxygen atoms in total. The van der Waals surface area contributed by atoms with E-state index in [2.05, 4.69) is 21.2 Å². The molecule has 0 aliphatic rings. The quantitative estimate of drug-likeness (QED) is 0.845. The maximum absolute atomic E-state index is 9.36. The molecule has 0 aromatic heterocycles. The number of halogens is 1. The van der Waals surface area contributed by atoms with Crippen LogP contribution in [0, 0.1) is 0 Å². The minimum Gasteiger partial charge on any atom is -0.508 e. The van der Waals surface area contributed by atoms with E-state index in [0.29, 0.717) is 6.54 Å². The molecule has 1 unspecified atom stereocenters. The minimum absolute atomic E-state index is 0.209. The van der Waals surface area contributed by atoms with Gasteiger partial charge in [-0.15, -0.1) is 0 Å². The van der Waals surface area contributed by atoms with Gasteiger partial charge in [0.2, 0.25) is 0 Å². The molecule has 90 valence electrons. The van der Waals surface area contributed by atoms with Crippen LogP contribution in [0.1, 0.15) is 19.4 Å². The third-order valence-electron chi connectivity index (χ3n) is 2.23. The molecule has 0 fully saturated rings. The molecular formula is C12H18BrNO2. The van der Waals surface area contributed by atoms with Gasteiger partial charge in [-0.05, 0) is 37.6 Å². The lowest BCUT2D eigenvalue weighted by molar-refractivity contribution is 0.0759. The summed E-state index contributed by atoms with van der Waals surface area (Å²) in [6, 6.07) is 5.26. The summed E-state index contributed by atoms with van der Waals surface area (Å²) in [7, 11) is 0. The molecule has 1 aromatic carbocycles. The molecular weight excluding hydrogens is 270 g/mol. The number of aromatic hydroxyl groups is 1. The van der Waals surface area contributed by atoms with Gasteiger partial charge < -0.3 is 15.2 Å². The normalized spacial score (nSPS) is 12.7. The molecule has 16 heavy (non-hydrogen) atoms. The number of nitrogens with one attached hydrogen (secondary N) is 1. The van der Waals surface area contributed by atoms with E-state index in [9.17, 15) is 5.11 Å². The monoisotopic (exact) mass is 287 g/mol. The SMILES string of the molecule is CCOC(C)CNCc1cc(O)ccc1Br. The fourth-order valence-corrected chi connectivity index (χ4v) is 1.84. The first kappa shape index (κ1) is 13.5. The number of phenolic OH excluding ortho intramolecular Hbond substituents is 1. The van der Waals surface area contributed by atoms with E-state index in [4.69, 9.17) is 4.74 Å². The second kappa shape index (κ2) is 6.89. The zero-order valence-electron chi connectivity index (χ0n) is 9.66. The van der Waals surface area contributed by atoms with Crippen LogP contribution in [0.25, 0.3) is 0 Å². The van der Waals surface area contributed by atoms with Crippen LogP contribution in [-0.2, 0) is 11.3 Å². The highest BCUT2D eigenvalue weighted by atomic mass is 79.9. The fraction of sp³-hybridized carbons (Fsp3) is 0.500. The zero-order chi connectivity index (χ0) is 12.0. The highest BCUT2D eigenvalue weighted by Crippen LogP contribution is 2.21. The van der Waals surface area contributed by atoms with Crippen LogP contribution in [0.2, 0.25) is 0 Å². The lowest BCUT2D eigenvalue weighted by Gasteiger charge is -2.13. The van der Waals surface area contributed by atoms with Crippen molar-refractivity contribution in [3.05, 3.63) is 28.2 Å². The predicted molar refractivity (Wildman–Crippen MR) is 68.6 cm³/mol. The molecule has 0 saturated carbocycles. The Morgan fingerprint density at radius 3 is 2.94 bits per heavy atom. The highest BCUT2D eigenvalue weighted by molar-refractivity contribution is 9.10. The predicted octanol–water partition coefficient (Wildman–Crippen LogP) is 2.67. The van der Waals surface area contributed by atoms with Gasteiger partial charge in [0.15, 0.2) is 0 Å². The van der Waals surface area contributed by atoms with E-state index in [1.807, 2.05) is 19.9 Å². The van der Waals surface area contributed by atoms with Gasteiger partial charge in [0.05, 0.1) is 6.10 Å². The van der Waals surface area contributed by atoms with Crippen molar-refractivity contribution in [3.63, 3.8) is 0 Å². The van der Waals surface area contributed by atoms with Crippen LogP contribution in [0.5, 0.6) is 5.75 Å². The third kappa shape index (κ3) is 4.51. The van der Waals surface area contributed by atoms with Crippen LogP contribution in [0.4, 0.5) is 0 Å². The van der Waals surface area contributed by atoms with Gasteiger partial charge >= 0.3 is 0 Å². The number of rotatable bonds is 6. The second-order valence-corrected chi connectivity index (χ2v) is 4.53. The van der Waals surface area contributed by atoms with Crippen LogP contribution >= 0.6 is 15.9 Å². The Balaban J connectivity index is 2.39. The lowest BCUT2D eigenvalue weighted by atomic mass is 10.2. The van der Waals surface area contributed by atoms with Gasteiger partial charge in [-0.1, -0.05) is 15.9 Å². The molecule has 0 aliphatic carbocycles. The Morgan fingerprint density at radius 2 is 2.25 bits per heavy atom. The molecule has 0 saturated heterocycles. The third-order valence-corrected chi connectivity index (χ3v) is 3.00. The first-order valence-corrected chi connectivity index (χ1v) is 6.22. The second-order valence-electron chi connectivity index (χ2n) is 3.67. The van der Waals surface area contributed by atoms with Crippen LogP contribution in [0.15, 0.2) is 22.7 Å². The Labute approximate surface area is 105 Å². The van der Waals surface area contributed by atoms with Crippen molar-refractivity contribution in [2.75, 3.05) is 13.2 Å². The van der Waals surface area contributed by atoms with Crippen molar-refractivity contribution in [3.8, 4) is 5.75 Å². The molecule has 4 heteroatoms. The molecule has 0 amide bonds. The summed E-state index contributed by atoms with van der Waals surface area (Å²) < 4.78 is 6.41. The van der Waals surface area contributed by atoms with Gasteiger partial charge in [0, 0.05) is 24.2 Å². The summed E-state index contributed by atoms with van der Waals surface area (Å²) in [5, 5.41) is 12.6. The molecule has 1 atom stereocenters. The van der Waals surface area contributed by atoms with Gasteiger partial charge in [0.1, 0.15) is 5.75 Å². The van der Waals surface area contributed by atoms with E-state index in [-0.39, 0.29) is 11.9 Å². The summed E-state index contributed by atoms with van der Waals surface area (Å²) in [5.41, 5.74) is 1.05. The maximum atomic E-state index is 9.36. The minimum atomic E-state index is 0.209. The summed E-state index contributed by atoms with van der Waals surface area (Å²) in [6.07, 6.45) is 0.209. The largest absolute Gasteiger partial charge is 0.508 e. The molecule has 1 rings (SSSR count). The number of benzene rings is 1. The molecule has 0 heterocycles. The van der Waals surface area contributed by atoms with E-state index >= 15 is 0 Å². The van der Waals surface area contributed by atoms with Gasteiger partial charge in [-0.2, -0.15) is 0 Å². The van der Waals surface area contributed by atoms with Crippen molar-refractivity contribution >= 4 is 15.9 Å². The van der Waals surface area contributed by atoms with Crippen LogP contribution in [0.3, 0.4) is 0 Å². The Bertz CT molecular complexity index is 331. The Kier molecular flexibility index (Phi) is 5.80. The van der Waals surface area contributed by atoms with E-state index in [1.54, 1.807) is 12.1 Å². The average Bonchev–Trinajstić information content (AvgIpc) is 2.23. The maximum Gasteiger partial charge on any atom is 0.115 e. The lowest BCUT2D eigenvalue weighted by Crippen LogP contribution is -2.26. The first-order valence-electron chi connectivity index (χ1n) is 5.43. The Hall–Kier alpha value is -0.580. The summed E-state index contributed by atoms with van der Waals surface area (Å²) >= 11 is 3.45. The van der Waals surface area contributed by atoms with Crippen molar-refractivity contribution in [1.29, 1.82) is 0 Å². The van der Waals surface area contributed by atoms with E-state index < -0.39 is 0 Å². The summed E-state index contributed by atoms with van der Waals surface area (Å²) in [4.78, 5) is 0. The molecule has 0 bridgehead atoms. The molecule has 0 spiro atoms. The van der Waals surface area contributed by atoms with Crippen molar-refractivity contribution in [2.45, 2.75) is 26.5 Å². The van der Waals surface area contributed by atoms with E-state index in [1.165, 1.54) is 0 Å². The average molecular weight is 288 g/mol. The van der Waals surface area contributed by atoms with Gasteiger partial charge in [-0.3, -0.25) is 0 Å². The number of ether oxygens (including phenoxy) is 1. The van der Waals surface area contributed by atoms with Crippen molar-refractivity contribution < 1.29 is 9.84 Å². The summed E-state index contributed by atoms with van der Waals surface area (Å²) in [5.74, 6) is 0.290. The standard InChI is InChI=1S/C12H18BrNO2/c1-3-16-9(2)7-14-8-10-6-11(15)4-5-12(10)13/h4-6,9,14-15H,3,7-8H2,1-2H3. The highest BCUT2D eigenvalue weighted by Gasteiger charge is 2.03. The molecule has 1 aromatic rings. The number of hydrogen-bond acceptors (Lipinski definition) is 3. The van der Waals surface area contributed by atoms with Gasteiger partial charge in [0.25, 0.3) is 0 Å². The molecule has 0 radical (unpaired) electrons. The Morgan fingerprint density at radius 1 is 1.50 bits per heavy atom. The fourth-order valence-electron chi connectivity index (χ4n) is 1.45. The van der Waals surface area contributed by atoms with E-state index in [0.717, 1.165) is 23.2 Å². The number of hydrogen-bond donors (Lipinski definition) is 2. The topological polar surface area (TPSA) is 41.5 Å². The smallest absolute Gasteiger partial charge is 0.115 e. The van der Waals surface area contributed by atoms with Crippen LogP contribution < -0.4 is 5.32 Å². The zero-order valence-corrected chi connectivity index (χ0v) is 11.3. The van der Waals surface area contributed by atoms with Crippen molar-refractivity contribution in [2.24, 2.45) is 0 Å². The van der Waals surface area contributed by atoms with Gasteiger partial charge in [-0.25, -0.2) is 0 Å². The number of phenols is 1. The molecule has 2 N–H and O–H groups in total.